The molecule has 0 amide bonds. The third-order valence-electron chi connectivity index (χ3n) is 3.47. The van der Waals surface area contributed by atoms with Crippen LogP contribution in [-0.4, -0.2) is 22.8 Å². The molecular formula is C16H17NO5. The van der Waals surface area contributed by atoms with Crippen LogP contribution in [0, 0.1) is 10.1 Å². The topological polar surface area (TPSA) is 86.5 Å². The summed E-state index contributed by atoms with van der Waals surface area (Å²) in [4.78, 5) is 32.7. The van der Waals surface area contributed by atoms with Gasteiger partial charge in [-0.25, -0.2) is 0 Å². The smallest absolute Gasteiger partial charge is 0.313 e. The van der Waals surface area contributed by atoms with Crippen molar-refractivity contribution in [2.75, 3.05) is 0 Å². The third-order valence-corrected chi connectivity index (χ3v) is 3.47. The summed E-state index contributed by atoms with van der Waals surface area (Å²) in [6.45, 7) is 1.35. The SMILES string of the molecule is CC(=O)CC(=O)OC1CCC/C1=C\c1ccc([N+](=O)[O-])cc1. The van der Waals surface area contributed by atoms with E-state index < -0.39 is 10.9 Å². The number of carbonyl (C=O) groups is 2. The van der Waals surface area contributed by atoms with E-state index in [1.807, 2.05) is 6.08 Å². The summed E-state index contributed by atoms with van der Waals surface area (Å²) in [5.74, 6) is -0.724. The molecule has 1 aromatic rings. The van der Waals surface area contributed by atoms with Crippen molar-refractivity contribution in [2.24, 2.45) is 0 Å². The molecule has 6 heteroatoms. The minimum absolute atomic E-state index is 0.0398. The molecule has 0 heterocycles. The zero-order valence-corrected chi connectivity index (χ0v) is 12.3. The van der Waals surface area contributed by atoms with E-state index in [2.05, 4.69) is 0 Å². The summed E-state index contributed by atoms with van der Waals surface area (Å²) in [6, 6.07) is 6.21. The van der Waals surface area contributed by atoms with Gasteiger partial charge in [-0.1, -0.05) is 6.08 Å². The molecule has 1 aliphatic carbocycles. The summed E-state index contributed by atoms with van der Waals surface area (Å²) >= 11 is 0. The minimum Gasteiger partial charge on any atom is -0.457 e. The number of hydrogen-bond acceptors (Lipinski definition) is 5. The molecule has 1 atom stereocenters. The number of ether oxygens (including phenoxy) is 1. The molecule has 1 saturated carbocycles. The first-order valence-electron chi connectivity index (χ1n) is 7.09. The average Bonchev–Trinajstić information content (AvgIpc) is 2.85. The Balaban J connectivity index is 2.07. The van der Waals surface area contributed by atoms with Crippen molar-refractivity contribution in [3.63, 3.8) is 0 Å². The first-order chi connectivity index (χ1) is 10.5. The summed E-state index contributed by atoms with van der Waals surface area (Å²) in [6.07, 6.45) is 3.85. The normalized spacial score (nSPS) is 19.1. The van der Waals surface area contributed by atoms with Gasteiger partial charge in [-0.3, -0.25) is 19.7 Å². The average molecular weight is 303 g/mol. The van der Waals surface area contributed by atoms with Gasteiger partial charge in [0, 0.05) is 12.1 Å². The number of rotatable bonds is 5. The van der Waals surface area contributed by atoms with Gasteiger partial charge in [0.15, 0.2) is 0 Å². The van der Waals surface area contributed by atoms with Gasteiger partial charge in [0.25, 0.3) is 5.69 Å². The van der Waals surface area contributed by atoms with E-state index in [1.54, 1.807) is 12.1 Å². The van der Waals surface area contributed by atoms with Crippen LogP contribution < -0.4 is 0 Å². The Morgan fingerprint density at radius 3 is 2.64 bits per heavy atom. The van der Waals surface area contributed by atoms with Gasteiger partial charge in [0.05, 0.1) is 4.92 Å². The summed E-state index contributed by atoms with van der Waals surface area (Å²) in [5.41, 5.74) is 1.85. The number of nitro benzene ring substituents is 1. The van der Waals surface area contributed by atoms with Crippen molar-refractivity contribution < 1.29 is 19.2 Å². The summed E-state index contributed by atoms with van der Waals surface area (Å²) in [5, 5.41) is 10.6. The van der Waals surface area contributed by atoms with Gasteiger partial charge in [0.2, 0.25) is 0 Å². The lowest BCUT2D eigenvalue weighted by Crippen LogP contribution is -2.18. The van der Waals surface area contributed by atoms with Crippen molar-refractivity contribution >= 4 is 23.5 Å². The summed E-state index contributed by atoms with van der Waals surface area (Å²) < 4.78 is 5.33. The Morgan fingerprint density at radius 1 is 1.36 bits per heavy atom. The number of nitrogens with zero attached hydrogens (tertiary/aromatic N) is 1. The number of nitro groups is 1. The molecule has 0 N–H and O–H groups in total. The number of benzene rings is 1. The first-order valence-corrected chi connectivity index (χ1v) is 7.09. The van der Waals surface area contributed by atoms with E-state index >= 15 is 0 Å². The first kappa shape index (κ1) is 15.9. The molecule has 1 aromatic carbocycles. The van der Waals surface area contributed by atoms with Crippen LogP contribution in [0.3, 0.4) is 0 Å². The molecule has 0 radical (unpaired) electrons. The van der Waals surface area contributed by atoms with Crippen molar-refractivity contribution in [2.45, 2.75) is 38.7 Å². The molecule has 0 spiro atoms. The molecule has 2 rings (SSSR count). The molecule has 0 aliphatic heterocycles. The molecule has 0 bridgehead atoms. The van der Waals surface area contributed by atoms with Gasteiger partial charge in [-0.15, -0.1) is 0 Å². The lowest BCUT2D eigenvalue weighted by atomic mass is 10.1. The highest BCUT2D eigenvalue weighted by atomic mass is 16.6. The lowest BCUT2D eigenvalue weighted by molar-refractivity contribution is -0.384. The van der Waals surface area contributed by atoms with E-state index in [0.717, 1.165) is 30.4 Å². The van der Waals surface area contributed by atoms with Gasteiger partial charge in [-0.05, 0) is 49.5 Å². The fourth-order valence-corrected chi connectivity index (χ4v) is 2.45. The molecule has 22 heavy (non-hydrogen) atoms. The molecule has 6 nitrogen and oxygen atoms in total. The lowest BCUT2D eigenvalue weighted by Gasteiger charge is -2.13. The molecular weight excluding hydrogens is 286 g/mol. The van der Waals surface area contributed by atoms with Crippen LogP contribution in [-0.2, 0) is 14.3 Å². The Hall–Kier alpha value is -2.50. The molecule has 1 aliphatic rings. The number of carbonyl (C=O) groups excluding carboxylic acids is 2. The second kappa shape index (κ2) is 6.98. The zero-order chi connectivity index (χ0) is 16.1. The van der Waals surface area contributed by atoms with Gasteiger partial charge >= 0.3 is 5.97 Å². The molecule has 116 valence electrons. The highest BCUT2D eigenvalue weighted by molar-refractivity contribution is 5.94. The van der Waals surface area contributed by atoms with Gasteiger partial charge in [-0.2, -0.15) is 0 Å². The van der Waals surface area contributed by atoms with Crippen LogP contribution >= 0.6 is 0 Å². The Kier molecular flexibility index (Phi) is 5.04. The Bertz CT molecular complexity index is 618. The quantitative estimate of drug-likeness (QED) is 0.361. The highest BCUT2D eigenvalue weighted by Crippen LogP contribution is 2.30. The van der Waals surface area contributed by atoms with Crippen molar-refractivity contribution in [3.8, 4) is 0 Å². The second-order valence-corrected chi connectivity index (χ2v) is 5.32. The second-order valence-electron chi connectivity index (χ2n) is 5.32. The number of ketones is 1. The maximum atomic E-state index is 11.6. The predicted octanol–water partition coefficient (Wildman–Crippen LogP) is 3.05. The Morgan fingerprint density at radius 2 is 2.05 bits per heavy atom. The van der Waals surface area contributed by atoms with Crippen LogP contribution in [0.1, 0.15) is 38.2 Å². The number of Topliss-reactive ketones (excluding diaryl/α,β-unsaturated/α-hetero) is 1. The summed E-state index contributed by atoms with van der Waals surface area (Å²) in [7, 11) is 0. The zero-order valence-electron chi connectivity index (χ0n) is 12.3. The van der Waals surface area contributed by atoms with Crippen LogP contribution in [0.2, 0.25) is 0 Å². The molecule has 1 unspecified atom stereocenters. The standard InChI is InChI=1S/C16H17NO5/c1-11(18)9-16(19)22-15-4-2-3-13(15)10-12-5-7-14(8-6-12)17(20)21/h5-8,10,15H,2-4,9H2,1H3/b13-10+. The maximum Gasteiger partial charge on any atom is 0.313 e. The maximum absolute atomic E-state index is 11.6. The van der Waals surface area contributed by atoms with Crippen LogP contribution in [0.25, 0.3) is 6.08 Å². The largest absolute Gasteiger partial charge is 0.457 e. The number of hydrogen-bond donors (Lipinski definition) is 0. The van der Waals surface area contributed by atoms with Crippen molar-refractivity contribution in [1.82, 2.24) is 0 Å². The van der Waals surface area contributed by atoms with E-state index in [-0.39, 0.29) is 24.0 Å². The van der Waals surface area contributed by atoms with Crippen LogP contribution in [0.4, 0.5) is 5.69 Å². The highest BCUT2D eigenvalue weighted by Gasteiger charge is 2.25. The fourth-order valence-electron chi connectivity index (χ4n) is 2.45. The number of esters is 1. The fraction of sp³-hybridized carbons (Fsp3) is 0.375. The van der Waals surface area contributed by atoms with Crippen LogP contribution in [0.15, 0.2) is 29.8 Å². The van der Waals surface area contributed by atoms with E-state index in [1.165, 1.54) is 19.1 Å². The predicted molar refractivity (Wildman–Crippen MR) is 80.1 cm³/mol. The Labute approximate surface area is 127 Å². The van der Waals surface area contributed by atoms with Gasteiger partial charge < -0.3 is 4.74 Å². The van der Waals surface area contributed by atoms with Crippen LogP contribution in [0.5, 0.6) is 0 Å². The van der Waals surface area contributed by atoms with E-state index in [4.69, 9.17) is 4.74 Å². The van der Waals surface area contributed by atoms with Crippen molar-refractivity contribution in [1.29, 1.82) is 0 Å². The van der Waals surface area contributed by atoms with E-state index in [0.29, 0.717) is 0 Å². The van der Waals surface area contributed by atoms with Gasteiger partial charge in [0.1, 0.15) is 18.3 Å². The monoisotopic (exact) mass is 303 g/mol. The molecule has 0 aromatic heterocycles. The van der Waals surface area contributed by atoms with E-state index in [9.17, 15) is 19.7 Å². The minimum atomic E-state index is -0.506. The third kappa shape index (κ3) is 4.25. The van der Waals surface area contributed by atoms with Crippen molar-refractivity contribution in [3.05, 3.63) is 45.5 Å². The molecule has 0 saturated heterocycles. The number of non-ortho nitro benzene ring substituents is 1. The molecule has 1 fully saturated rings.